The Labute approximate surface area is 129 Å². The van der Waals surface area contributed by atoms with Gasteiger partial charge in [-0.1, -0.05) is 51.1 Å². The molecule has 2 rings (SSSR count). The lowest BCUT2D eigenvalue weighted by Crippen LogP contribution is -2.48. The van der Waals surface area contributed by atoms with Crippen molar-refractivity contribution in [3.63, 3.8) is 0 Å². The van der Waals surface area contributed by atoms with Gasteiger partial charge in [-0.15, -0.1) is 0 Å². The number of rotatable bonds is 7. The molecule has 3 atom stereocenters. The Bertz CT molecular complexity index is 401. The van der Waals surface area contributed by atoms with Gasteiger partial charge in [-0.3, -0.25) is 4.90 Å². The molecule has 1 saturated heterocycles. The molecule has 3 heteroatoms. The molecule has 1 aliphatic rings. The number of hydrogen-bond acceptors (Lipinski definition) is 3. The highest BCUT2D eigenvalue weighted by Crippen LogP contribution is 2.26. The number of nitrogens with zero attached hydrogens (tertiary/aromatic N) is 1. The maximum atomic E-state index is 6.61. The van der Waals surface area contributed by atoms with Crippen LogP contribution in [0.1, 0.15) is 45.2 Å². The third kappa shape index (κ3) is 4.29. The molecule has 2 N–H and O–H groups in total. The Morgan fingerprint density at radius 3 is 2.52 bits per heavy atom. The first-order chi connectivity index (χ1) is 10.1. The quantitative estimate of drug-likeness (QED) is 0.838. The van der Waals surface area contributed by atoms with Gasteiger partial charge in [0.25, 0.3) is 0 Å². The number of likely N-dealkylation sites (N-methyl/N-ethyl adjacent to an activating group) is 1. The Hall–Kier alpha value is -0.900. The predicted octanol–water partition coefficient (Wildman–Crippen LogP) is 3.21. The third-order valence-electron chi connectivity index (χ3n) is 4.53. The number of ether oxygens (including phenoxy) is 1. The standard InChI is InChI=1S/C18H30N2O/c1-4-20(13-16-11-8-12-21-16)18(14(2)3)17(19)15-9-6-5-7-10-15/h5-7,9-10,14,16-18H,4,8,11-13,19H2,1-3H3. The summed E-state index contributed by atoms with van der Waals surface area (Å²) in [6.07, 6.45) is 2.76. The van der Waals surface area contributed by atoms with Crippen LogP contribution in [-0.4, -0.2) is 36.7 Å². The molecule has 1 aliphatic heterocycles. The van der Waals surface area contributed by atoms with E-state index < -0.39 is 0 Å². The van der Waals surface area contributed by atoms with Gasteiger partial charge in [-0.2, -0.15) is 0 Å². The van der Waals surface area contributed by atoms with Gasteiger partial charge in [0.15, 0.2) is 0 Å². The molecular formula is C18H30N2O. The van der Waals surface area contributed by atoms with E-state index >= 15 is 0 Å². The fourth-order valence-corrected chi connectivity index (χ4v) is 3.45. The molecule has 1 fully saturated rings. The molecule has 0 spiro atoms. The van der Waals surface area contributed by atoms with Crippen molar-refractivity contribution in [2.45, 2.75) is 51.8 Å². The average molecular weight is 290 g/mol. The van der Waals surface area contributed by atoms with Gasteiger partial charge >= 0.3 is 0 Å². The van der Waals surface area contributed by atoms with Crippen molar-refractivity contribution >= 4 is 0 Å². The van der Waals surface area contributed by atoms with Gasteiger partial charge < -0.3 is 10.5 Å². The molecule has 0 aliphatic carbocycles. The second-order valence-corrected chi connectivity index (χ2v) is 6.39. The van der Waals surface area contributed by atoms with Crippen molar-refractivity contribution in [2.75, 3.05) is 19.7 Å². The number of benzene rings is 1. The van der Waals surface area contributed by atoms with Crippen LogP contribution in [0.25, 0.3) is 0 Å². The number of nitrogens with two attached hydrogens (primary N) is 1. The van der Waals surface area contributed by atoms with Crippen molar-refractivity contribution in [3.8, 4) is 0 Å². The monoisotopic (exact) mass is 290 g/mol. The fourth-order valence-electron chi connectivity index (χ4n) is 3.45. The normalized spacial score (nSPS) is 21.9. The van der Waals surface area contributed by atoms with Gasteiger partial charge in [0, 0.05) is 25.2 Å². The summed E-state index contributed by atoms with van der Waals surface area (Å²) < 4.78 is 5.82. The Kier molecular flexibility index (Phi) is 6.22. The summed E-state index contributed by atoms with van der Waals surface area (Å²) >= 11 is 0. The highest BCUT2D eigenvalue weighted by molar-refractivity contribution is 5.20. The first-order valence-corrected chi connectivity index (χ1v) is 8.29. The predicted molar refractivity (Wildman–Crippen MR) is 88.2 cm³/mol. The van der Waals surface area contributed by atoms with Crippen LogP contribution in [-0.2, 0) is 4.74 Å². The summed E-state index contributed by atoms with van der Waals surface area (Å²) in [4.78, 5) is 2.51. The van der Waals surface area contributed by atoms with E-state index in [1.807, 2.05) is 6.07 Å². The van der Waals surface area contributed by atoms with Crippen LogP contribution in [0.2, 0.25) is 0 Å². The zero-order chi connectivity index (χ0) is 15.2. The lowest BCUT2D eigenvalue weighted by Gasteiger charge is -2.39. The Balaban J connectivity index is 2.11. The molecule has 118 valence electrons. The summed E-state index contributed by atoms with van der Waals surface area (Å²) in [6.45, 7) is 9.70. The lowest BCUT2D eigenvalue weighted by atomic mass is 9.90. The zero-order valence-corrected chi connectivity index (χ0v) is 13.7. The van der Waals surface area contributed by atoms with E-state index in [0.717, 1.165) is 19.7 Å². The van der Waals surface area contributed by atoms with E-state index in [4.69, 9.17) is 10.5 Å². The molecule has 0 amide bonds. The van der Waals surface area contributed by atoms with Gasteiger partial charge in [0.05, 0.1) is 6.10 Å². The highest BCUT2D eigenvalue weighted by atomic mass is 16.5. The second-order valence-electron chi connectivity index (χ2n) is 6.39. The molecule has 21 heavy (non-hydrogen) atoms. The third-order valence-corrected chi connectivity index (χ3v) is 4.53. The van der Waals surface area contributed by atoms with E-state index in [-0.39, 0.29) is 6.04 Å². The smallest absolute Gasteiger partial charge is 0.0702 e. The number of hydrogen-bond donors (Lipinski definition) is 1. The molecule has 1 aromatic rings. The van der Waals surface area contributed by atoms with E-state index in [9.17, 15) is 0 Å². The van der Waals surface area contributed by atoms with Crippen LogP contribution < -0.4 is 5.73 Å². The van der Waals surface area contributed by atoms with E-state index in [1.54, 1.807) is 0 Å². The fraction of sp³-hybridized carbons (Fsp3) is 0.667. The van der Waals surface area contributed by atoms with Gasteiger partial charge in [-0.25, -0.2) is 0 Å². The van der Waals surface area contributed by atoms with Crippen LogP contribution in [0.5, 0.6) is 0 Å². The lowest BCUT2D eigenvalue weighted by molar-refractivity contribution is 0.0423. The van der Waals surface area contributed by atoms with Gasteiger partial charge in [0.2, 0.25) is 0 Å². The van der Waals surface area contributed by atoms with E-state index in [2.05, 4.69) is 49.9 Å². The molecule has 1 heterocycles. The summed E-state index contributed by atoms with van der Waals surface area (Å²) in [5, 5.41) is 0. The van der Waals surface area contributed by atoms with Crippen molar-refractivity contribution in [1.29, 1.82) is 0 Å². The van der Waals surface area contributed by atoms with Crippen molar-refractivity contribution < 1.29 is 4.74 Å². The summed E-state index contributed by atoms with van der Waals surface area (Å²) in [5.74, 6) is 0.515. The van der Waals surface area contributed by atoms with Crippen LogP contribution in [0.4, 0.5) is 0 Å². The maximum Gasteiger partial charge on any atom is 0.0702 e. The zero-order valence-electron chi connectivity index (χ0n) is 13.7. The molecular weight excluding hydrogens is 260 g/mol. The summed E-state index contributed by atoms with van der Waals surface area (Å²) in [5.41, 5.74) is 7.83. The molecule has 0 bridgehead atoms. The first-order valence-electron chi connectivity index (χ1n) is 8.29. The van der Waals surface area contributed by atoms with Crippen LogP contribution in [0.3, 0.4) is 0 Å². The maximum absolute atomic E-state index is 6.61. The van der Waals surface area contributed by atoms with E-state index in [1.165, 1.54) is 18.4 Å². The summed E-state index contributed by atoms with van der Waals surface area (Å²) in [6, 6.07) is 10.9. The summed E-state index contributed by atoms with van der Waals surface area (Å²) in [7, 11) is 0. The molecule has 3 unspecified atom stereocenters. The minimum Gasteiger partial charge on any atom is -0.377 e. The van der Waals surface area contributed by atoms with Crippen molar-refractivity contribution in [3.05, 3.63) is 35.9 Å². The highest BCUT2D eigenvalue weighted by Gasteiger charge is 2.30. The molecule has 0 saturated carbocycles. The molecule has 1 aromatic carbocycles. The van der Waals surface area contributed by atoms with Crippen LogP contribution in [0, 0.1) is 5.92 Å². The molecule has 0 aromatic heterocycles. The van der Waals surface area contributed by atoms with Gasteiger partial charge in [-0.05, 0) is 30.9 Å². The second kappa shape index (κ2) is 7.92. The van der Waals surface area contributed by atoms with Crippen molar-refractivity contribution in [2.24, 2.45) is 11.7 Å². The van der Waals surface area contributed by atoms with Crippen molar-refractivity contribution in [1.82, 2.24) is 4.90 Å². The SMILES string of the molecule is CCN(CC1CCCO1)C(C(C)C)C(N)c1ccccc1. The Morgan fingerprint density at radius 1 is 1.29 bits per heavy atom. The largest absolute Gasteiger partial charge is 0.377 e. The molecule has 0 radical (unpaired) electrons. The van der Waals surface area contributed by atoms with E-state index in [0.29, 0.717) is 18.1 Å². The Morgan fingerprint density at radius 2 is 2.00 bits per heavy atom. The average Bonchev–Trinajstić information content (AvgIpc) is 3.00. The topological polar surface area (TPSA) is 38.5 Å². The molecule has 3 nitrogen and oxygen atoms in total. The minimum atomic E-state index is 0.0487. The van der Waals surface area contributed by atoms with Crippen LogP contribution >= 0.6 is 0 Å². The van der Waals surface area contributed by atoms with Crippen LogP contribution in [0.15, 0.2) is 30.3 Å². The van der Waals surface area contributed by atoms with Gasteiger partial charge in [0.1, 0.15) is 0 Å². The first kappa shape index (κ1) is 16.5. The minimum absolute atomic E-state index is 0.0487.